The highest BCUT2D eigenvalue weighted by atomic mass is 14.9. The third kappa shape index (κ3) is 4.33. The van der Waals surface area contributed by atoms with E-state index in [0.717, 1.165) is 49.8 Å². The normalized spacial score (nSPS) is 11.5. The molecule has 3 heteroatoms. The Bertz CT molecular complexity index is 2570. The smallest absolute Gasteiger partial charge is 0.161 e. The fourth-order valence-corrected chi connectivity index (χ4v) is 6.74. The lowest BCUT2D eigenvalue weighted by atomic mass is 9.92. The van der Waals surface area contributed by atoms with Gasteiger partial charge in [-0.1, -0.05) is 140 Å². The fourth-order valence-electron chi connectivity index (χ4n) is 6.74. The first-order chi connectivity index (χ1) is 22.8. The summed E-state index contributed by atoms with van der Waals surface area (Å²) in [5.74, 6) is 0.730. The molecular formula is C43H27N3. The van der Waals surface area contributed by atoms with E-state index in [0.29, 0.717) is 0 Å². The molecule has 0 aliphatic carbocycles. The standard InChI is InChI=1S/C43H27N3/c1-2-10-30(11-3-1)42-39-15-6-7-18-40(39)45-43(46-42)38-26-25-33(34-13-4-5-14-35(34)38)29-21-19-28(20-22-29)32-16-8-17-37-36(32)24-23-31-12-9-27-44-41(31)37/h1-27H. The van der Waals surface area contributed by atoms with Gasteiger partial charge in [0.05, 0.1) is 16.7 Å². The number of para-hydroxylation sites is 1. The van der Waals surface area contributed by atoms with Gasteiger partial charge in [0.2, 0.25) is 0 Å². The predicted octanol–water partition coefficient (Wildman–Crippen LogP) is 11.2. The van der Waals surface area contributed by atoms with E-state index in [1.807, 2.05) is 30.5 Å². The average Bonchev–Trinajstić information content (AvgIpc) is 3.14. The highest BCUT2D eigenvalue weighted by molar-refractivity contribution is 6.10. The van der Waals surface area contributed by atoms with Crippen LogP contribution in [-0.4, -0.2) is 15.0 Å². The van der Waals surface area contributed by atoms with E-state index in [-0.39, 0.29) is 0 Å². The minimum atomic E-state index is 0.730. The maximum Gasteiger partial charge on any atom is 0.161 e. The Morgan fingerprint density at radius 3 is 1.78 bits per heavy atom. The average molecular weight is 586 g/mol. The summed E-state index contributed by atoms with van der Waals surface area (Å²) in [6.07, 6.45) is 1.87. The van der Waals surface area contributed by atoms with Crippen molar-refractivity contribution in [2.75, 3.05) is 0 Å². The van der Waals surface area contributed by atoms with Crippen molar-refractivity contribution in [3.8, 4) is 44.9 Å². The summed E-state index contributed by atoms with van der Waals surface area (Å²) in [4.78, 5) is 14.9. The summed E-state index contributed by atoms with van der Waals surface area (Å²) in [6.45, 7) is 0. The van der Waals surface area contributed by atoms with Crippen molar-refractivity contribution in [3.63, 3.8) is 0 Å². The SMILES string of the molecule is c1ccc(-c2nc(-c3ccc(-c4ccc(-c5cccc6c5ccc5cccnc56)cc4)c4ccccc34)nc3ccccc23)cc1. The fraction of sp³-hybridized carbons (Fsp3) is 0. The Kier molecular flexibility index (Phi) is 6.14. The van der Waals surface area contributed by atoms with Gasteiger partial charge in [0, 0.05) is 33.5 Å². The zero-order valence-electron chi connectivity index (χ0n) is 24.9. The van der Waals surface area contributed by atoms with Crippen LogP contribution in [0.4, 0.5) is 0 Å². The molecule has 2 aromatic heterocycles. The molecule has 0 radical (unpaired) electrons. The van der Waals surface area contributed by atoms with Crippen molar-refractivity contribution in [1.82, 2.24) is 15.0 Å². The number of fused-ring (bicyclic) bond motifs is 5. The second-order valence-electron chi connectivity index (χ2n) is 11.6. The molecule has 214 valence electrons. The van der Waals surface area contributed by atoms with Crippen LogP contribution in [0.25, 0.3) is 88.2 Å². The van der Waals surface area contributed by atoms with Crippen LogP contribution in [0.2, 0.25) is 0 Å². The Balaban J connectivity index is 1.15. The molecule has 2 heterocycles. The van der Waals surface area contributed by atoms with Crippen LogP contribution >= 0.6 is 0 Å². The van der Waals surface area contributed by atoms with Gasteiger partial charge in [-0.15, -0.1) is 0 Å². The monoisotopic (exact) mass is 585 g/mol. The summed E-state index contributed by atoms with van der Waals surface area (Å²) in [5.41, 5.74) is 9.77. The minimum Gasteiger partial charge on any atom is -0.256 e. The Morgan fingerprint density at radius 2 is 0.978 bits per heavy atom. The minimum absolute atomic E-state index is 0.730. The Morgan fingerprint density at radius 1 is 0.348 bits per heavy atom. The molecule has 0 saturated heterocycles. The van der Waals surface area contributed by atoms with Crippen molar-refractivity contribution in [2.45, 2.75) is 0 Å². The maximum absolute atomic E-state index is 5.17. The molecule has 9 aromatic rings. The highest BCUT2D eigenvalue weighted by Crippen LogP contribution is 2.38. The van der Waals surface area contributed by atoms with E-state index in [4.69, 9.17) is 9.97 Å². The van der Waals surface area contributed by atoms with Gasteiger partial charge in [0.1, 0.15) is 0 Å². The number of aromatic nitrogens is 3. The van der Waals surface area contributed by atoms with Crippen molar-refractivity contribution in [1.29, 1.82) is 0 Å². The second kappa shape index (κ2) is 10.8. The van der Waals surface area contributed by atoms with Gasteiger partial charge in [-0.3, -0.25) is 4.98 Å². The van der Waals surface area contributed by atoms with Crippen molar-refractivity contribution in [3.05, 3.63) is 164 Å². The summed E-state index contributed by atoms with van der Waals surface area (Å²) in [6, 6.07) is 55.5. The van der Waals surface area contributed by atoms with Crippen LogP contribution in [0.5, 0.6) is 0 Å². The third-order valence-corrected chi connectivity index (χ3v) is 8.95. The van der Waals surface area contributed by atoms with Gasteiger partial charge in [-0.25, -0.2) is 9.97 Å². The van der Waals surface area contributed by atoms with E-state index < -0.39 is 0 Å². The van der Waals surface area contributed by atoms with E-state index in [1.54, 1.807) is 0 Å². The molecule has 0 N–H and O–H groups in total. The van der Waals surface area contributed by atoms with Crippen LogP contribution in [0.1, 0.15) is 0 Å². The van der Waals surface area contributed by atoms with Gasteiger partial charge in [-0.2, -0.15) is 0 Å². The molecule has 0 fully saturated rings. The number of benzene rings is 7. The third-order valence-electron chi connectivity index (χ3n) is 8.95. The van der Waals surface area contributed by atoms with E-state index in [9.17, 15) is 0 Å². The highest BCUT2D eigenvalue weighted by Gasteiger charge is 2.15. The summed E-state index contributed by atoms with van der Waals surface area (Å²) < 4.78 is 0. The lowest BCUT2D eigenvalue weighted by molar-refractivity contribution is 1.23. The molecule has 0 aliphatic rings. The first-order valence-corrected chi connectivity index (χ1v) is 15.5. The lowest BCUT2D eigenvalue weighted by Crippen LogP contribution is -1.96. The van der Waals surface area contributed by atoms with Gasteiger partial charge in [0.15, 0.2) is 5.82 Å². The number of rotatable bonds is 4. The molecule has 7 aromatic carbocycles. The van der Waals surface area contributed by atoms with Crippen molar-refractivity contribution < 1.29 is 0 Å². The topological polar surface area (TPSA) is 38.7 Å². The quantitative estimate of drug-likeness (QED) is 0.193. The summed E-state index contributed by atoms with van der Waals surface area (Å²) >= 11 is 0. The van der Waals surface area contributed by atoms with Crippen LogP contribution < -0.4 is 0 Å². The molecule has 0 aliphatic heterocycles. The van der Waals surface area contributed by atoms with Gasteiger partial charge >= 0.3 is 0 Å². The predicted molar refractivity (Wildman–Crippen MR) is 192 cm³/mol. The first-order valence-electron chi connectivity index (χ1n) is 15.5. The number of hydrogen-bond donors (Lipinski definition) is 0. The maximum atomic E-state index is 5.17. The summed E-state index contributed by atoms with van der Waals surface area (Å²) in [5, 5.41) is 6.90. The second-order valence-corrected chi connectivity index (χ2v) is 11.6. The number of nitrogens with zero attached hydrogens (tertiary/aromatic N) is 3. The van der Waals surface area contributed by atoms with Gasteiger partial charge in [-0.05, 0) is 56.6 Å². The zero-order chi connectivity index (χ0) is 30.5. The number of pyridine rings is 1. The van der Waals surface area contributed by atoms with E-state index >= 15 is 0 Å². The first kappa shape index (κ1) is 26.2. The molecule has 0 unspecified atom stereocenters. The molecule has 0 bridgehead atoms. The Hall–Kier alpha value is -6.19. The van der Waals surface area contributed by atoms with Crippen LogP contribution in [0.3, 0.4) is 0 Å². The molecule has 0 saturated carbocycles. The Labute approximate surface area is 266 Å². The van der Waals surface area contributed by atoms with E-state index in [2.05, 4.69) is 138 Å². The molecule has 46 heavy (non-hydrogen) atoms. The molecule has 9 rings (SSSR count). The molecule has 3 nitrogen and oxygen atoms in total. The van der Waals surface area contributed by atoms with Crippen molar-refractivity contribution in [2.24, 2.45) is 0 Å². The molecule has 0 spiro atoms. The van der Waals surface area contributed by atoms with Gasteiger partial charge < -0.3 is 0 Å². The molecular weight excluding hydrogens is 558 g/mol. The summed E-state index contributed by atoms with van der Waals surface area (Å²) in [7, 11) is 0. The molecule has 0 atom stereocenters. The molecule has 0 amide bonds. The van der Waals surface area contributed by atoms with Crippen molar-refractivity contribution >= 4 is 43.4 Å². The zero-order valence-corrected chi connectivity index (χ0v) is 24.9. The van der Waals surface area contributed by atoms with Gasteiger partial charge in [0.25, 0.3) is 0 Å². The van der Waals surface area contributed by atoms with Crippen LogP contribution in [-0.2, 0) is 0 Å². The van der Waals surface area contributed by atoms with E-state index in [1.165, 1.54) is 38.4 Å². The number of hydrogen-bond acceptors (Lipinski definition) is 3. The van der Waals surface area contributed by atoms with Crippen LogP contribution in [0, 0.1) is 0 Å². The lowest BCUT2D eigenvalue weighted by Gasteiger charge is -2.14. The van der Waals surface area contributed by atoms with Crippen LogP contribution in [0.15, 0.2) is 164 Å². The largest absolute Gasteiger partial charge is 0.256 e.